The summed E-state index contributed by atoms with van der Waals surface area (Å²) in [5.41, 5.74) is 8.12. The second-order valence-electron chi connectivity index (χ2n) is 6.25. The third-order valence-corrected chi connectivity index (χ3v) is 4.44. The largest absolute Gasteiger partial charge is 0.382 e. The van der Waals surface area contributed by atoms with Gasteiger partial charge < -0.3 is 11.1 Å². The standard InChI is InChI=1S/C21H25N5/c1-24-14-13-20(19-12-11-16-7-5-6-10-18(16)15-19)26(23)25-21(22)17-8-3-2-4-9-17/h2-12,15,20,24H,13-14,23H2,1H3,(H2,22,25)/t20-/m0/s1. The fraction of sp³-hybridized carbons (Fsp3) is 0.190. The number of rotatable bonds is 7. The molecule has 5 heteroatoms. The predicted molar refractivity (Wildman–Crippen MR) is 108 cm³/mol. The van der Waals surface area contributed by atoms with Gasteiger partial charge in [-0.25, -0.2) is 11.0 Å². The van der Waals surface area contributed by atoms with Gasteiger partial charge in [0, 0.05) is 5.56 Å². The zero-order chi connectivity index (χ0) is 18.4. The highest BCUT2D eigenvalue weighted by molar-refractivity contribution is 5.97. The number of nitrogens with zero attached hydrogens (tertiary/aromatic N) is 2. The Morgan fingerprint density at radius 1 is 1.00 bits per heavy atom. The van der Waals surface area contributed by atoms with E-state index >= 15 is 0 Å². The lowest BCUT2D eigenvalue weighted by Gasteiger charge is -2.26. The highest BCUT2D eigenvalue weighted by atomic mass is 15.6. The van der Waals surface area contributed by atoms with E-state index in [9.17, 15) is 0 Å². The zero-order valence-electron chi connectivity index (χ0n) is 15.0. The molecule has 0 aliphatic heterocycles. The molecule has 0 saturated carbocycles. The molecule has 3 rings (SSSR count). The number of amidine groups is 1. The Morgan fingerprint density at radius 3 is 2.42 bits per heavy atom. The summed E-state index contributed by atoms with van der Waals surface area (Å²) >= 11 is 0. The summed E-state index contributed by atoms with van der Waals surface area (Å²) in [7, 11) is 1.93. The molecule has 0 amide bonds. The van der Waals surface area contributed by atoms with E-state index in [1.807, 2.05) is 49.5 Å². The van der Waals surface area contributed by atoms with Crippen LogP contribution in [0.3, 0.4) is 0 Å². The molecule has 0 aliphatic rings. The number of nitrogens with one attached hydrogen (secondary N) is 1. The molecule has 134 valence electrons. The Balaban J connectivity index is 1.91. The smallest absolute Gasteiger partial charge is 0.152 e. The van der Waals surface area contributed by atoms with Crippen molar-refractivity contribution in [2.75, 3.05) is 13.6 Å². The minimum absolute atomic E-state index is 0.0747. The highest BCUT2D eigenvalue weighted by Gasteiger charge is 2.17. The fourth-order valence-electron chi connectivity index (χ4n) is 3.01. The molecule has 0 unspecified atom stereocenters. The maximum atomic E-state index is 6.31. The Hall–Kier alpha value is -2.89. The highest BCUT2D eigenvalue weighted by Crippen LogP contribution is 2.26. The van der Waals surface area contributed by atoms with Gasteiger partial charge in [-0.1, -0.05) is 66.7 Å². The normalized spacial score (nSPS) is 12.9. The molecule has 0 aromatic heterocycles. The summed E-state index contributed by atoms with van der Waals surface area (Å²) in [6.07, 6.45) is 0.816. The second kappa shape index (κ2) is 8.47. The average Bonchev–Trinajstić information content (AvgIpc) is 2.68. The van der Waals surface area contributed by atoms with E-state index in [1.54, 1.807) is 0 Å². The van der Waals surface area contributed by atoms with E-state index in [-0.39, 0.29) is 6.04 Å². The second-order valence-corrected chi connectivity index (χ2v) is 6.25. The van der Waals surface area contributed by atoms with Gasteiger partial charge in [-0.15, -0.1) is 5.10 Å². The van der Waals surface area contributed by atoms with Gasteiger partial charge in [0.15, 0.2) is 5.84 Å². The third-order valence-electron chi connectivity index (χ3n) is 4.44. The zero-order valence-corrected chi connectivity index (χ0v) is 15.0. The minimum atomic E-state index is -0.0747. The van der Waals surface area contributed by atoms with Gasteiger partial charge in [0.2, 0.25) is 0 Å². The quantitative estimate of drug-likeness (QED) is 0.266. The van der Waals surface area contributed by atoms with Gasteiger partial charge in [-0.05, 0) is 42.4 Å². The molecule has 5 N–H and O–H groups in total. The first-order valence-corrected chi connectivity index (χ1v) is 8.76. The summed E-state index contributed by atoms with van der Waals surface area (Å²) in [6, 6.07) is 24.3. The van der Waals surface area contributed by atoms with E-state index in [2.05, 4.69) is 40.8 Å². The summed E-state index contributed by atoms with van der Waals surface area (Å²) < 4.78 is 0. The first-order chi connectivity index (χ1) is 12.7. The van der Waals surface area contributed by atoms with Crippen LogP contribution in [0.2, 0.25) is 0 Å². The van der Waals surface area contributed by atoms with Crippen molar-refractivity contribution in [2.24, 2.45) is 16.7 Å². The van der Waals surface area contributed by atoms with Gasteiger partial charge in [-0.2, -0.15) is 0 Å². The van der Waals surface area contributed by atoms with Gasteiger partial charge in [0.1, 0.15) is 0 Å². The fourth-order valence-corrected chi connectivity index (χ4v) is 3.01. The van der Waals surface area contributed by atoms with Crippen molar-refractivity contribution in [2.45, 2.75) is 12.5 Å². The van der Waals surface area contributed by atoms with Crippen molar-refractivity contribution in [1.82, 2.24) is 10.4 Å². The van der Waals surface area contributed by atoms with Crippen molar-refractivity contribution >= 4 is 16.6 Å². The summed E-state index contributed by atoms with van der Waals surface area (Å²) in [6.45, 7) is 0.825. The summed E-state index contributed by atoms with van der Waals surface area (Å²) in [5, 5.41) is 11.5. The lowest BCUT2D eigenvalue weighted by Crippen LogP contribution is -2.34. The number of benzene rings is 3. The van der Waals surface area contributed by atoms with Crippen LogP contribution in [0.15, 0.2) is 77.9 Å². The molecule has 0 bridgehead atoms. The molecule has 0 aliphatic carbocycles. The van der Waals surface area contributed by atoms with Crippen LogP contribution in [0.1, 0.15) is 23.6 Å². The number of nitrogens with two attached hydrogens (primary N) is 2. The first kappa shape index (κ1) is 17.9. The molecule has 0 spiro atoms. The van der Waals surface area contributed by atoms with Gasteiger partial charge in [-0.3, -0.25) is 0 Å². The van der Waals surface area contributed by atoms with Gasteiger partial charge in [0.05, 0.1) is 6.04 Å². The first-order valence-electron chi connectivity index (χ1n) is 8.76. The number of hydrazine groups is 1. The topological polar surface area (TPSA) is 79.7 Å². The average molecular weight is 347 g/mol. The van der Waals surface area contributed by atoms with Crippen molar-refractivity contribution in [3.63, 3.8) is 0 Å². The molecule has 0 fully saturated rings. The van der Waals surface area contributed by atoms with Crippen LogP contribution >= 0.6 is 0 Å². The van der Waals surface area contributed by atoms with Gasteiger partial charge in [0.25, 0.3) is 0 Å². The van der Waals surface area contributed by atoms with E-state index < -0.39 is 0 Å². The molecule has 3 aromatic rings. The van der Waals surface area contributed by atoms with E-state index in [0.717, 1.165) is 24.1 Å². The molecule has 1 atom stereocenters. The minimum Gasteiger partial charge on any atom is -0.382 e. The molecular weight excluding hydrogens is 322 g/mol. The lowest BCUT2D eigenvalue weighted by atomic mass is 10.00. The molecule has 0 radical (unpaired) electrons. The Kier molecular flexibility index (Phi) is 5.84. The van der Waals surface area contributed by atoms with Crippen LogP contribution in [0, 0.1) is 0 Å². The van der Waals surface area contributed by atoms with Crippen LogP contribution in [0.25, 0.3) is 10.8 Å². The van der Waals surface area contributed by atoms with Crippen molar-refractivity contribution in [1.29, 1.82) is 0 Å². The van der Waals surface area contributed by atoms with E-state index in [1.165, 1.54) is 15.9 Å². The van der Waals surface area contributed by atoms with Crippen LogP contribution < -0.4 is 16.9 Å². The number of fused-ring (bicyclic) bond motifs is 1. The van der Waals surface area contributed by atoms with Crippen LogP contribution in [0.5, 0.6) is 0 Å². The third kappa shape index (κ3) is 4.20. The number of hydrogen-bond acceptors (Lipinski definition) is 4. The molecule has 0 heterocycles. The number of hydrazone groups is 1. The Labute approximate surface area is 154 Å². The monoisotopic (exact) mass is 347 g/mol. The van der Waals surface area contributed by atoms with E-state index in [0.29, 0.717) is 5.84 Å². The van der Waals surface area contributed by atoms with Crippen LogP contribution in [-0.2, 0) is 0 Å². The maximum absolute atomic E-state index is 6.31. The molecule has 26 heavy (non-hydrogen) atoms. The van der Waals surface area contributed by atoms with Gasteiger partial charge >= 0.3 is 0 Å². The van der Waals surface area contributed by atoms with Crippen molar-refractivity contribution in [3.05, 3.63) is 83.9 Å². The predicted octanol–water partition coefficient (Wildman–Crippen LogP) is 2.99. The summed E-state index contributed by atoms with van der Waals surface area (Å²) in [4.78, 5) is 0. The maximum Gasteiger partial charge on any atom is 0.152 e. The Bertz CT molecular complexity index is 876. The Morgan fingerprint density at radius 2 is 1.69 bits per heavy atom. The molecule has 0 saturated heterocycles. The number of hydrogen-bond donors (Lipinski definition) is 3. The molecular formula is C21H25N5. The van der Waals surface area contributed by atoms with Crippen LogP contribution in [-0.4, -0.2) is 24.5 Å². The van der Waals surface area contributed by atoms with E-state index in [4.69, 9.17) is 11.6 Å². The SMILES string of the molecule is CNCC[C@@H](c1ccc2ccccc2c1)N(N)/N=C(\N)c1ccccc1. The van der Waals surface area contributed by atoms with Crippen molar-refractivity contribution in [3.8, 4) is 0 Å². The van der Waals surface area contributed by atoms with Crippen molar-refractivity contribution < 1.29 is 0 Å². The molecule has 3 aromatic carbocycles. The summed E-state index contributed by atoms with van der Waals surface area (Å²) in [5.74, 6) is 6.72. The van der Waals surface area contributed by atoms with Crippen LogP contribution in [0.4, 0.5) is 0 Å². The lowest BCUT2D eigenvalue weighted by molar-refractivity contribution is 0.200. The molecule has 5 nitrogen and oxygen atoms in total.